The third kappa shape index (κ3) is 5.36. The van der Waals surface area contributed by atoms with Crippen LogP contribution in [0.4, 0.5) is 0 Å². The first-order chi connectivity index (χ1) is 10.3. The lowest BCUT2D eigenvalue weighted by molar-refractivity contribution is 0.0951. The third-order valence-corrected chi connectivity index (χ3v) is 4.92. The highest BCUT2D eigenvalue weighted by atomic mass is 32.2. The van der Waals surface area contributed by atoms with Gasteiger partial charge in [-0.2, -0.15) is 16.9 Å². The molecule has 0 bridgehead atoms. The molecule has 5 nitrogen and oxygen atoms in total. The van der Waals surface area contributed by atoms with E-state index in [4.69, 9.17) is 5.11 Å². The zero-order chi connectivity index (χ0) is 14.9. The first-order valence-electron chi connectivity index (χ1n) is 7.83. The molecule has 118 valence electrons. The standard InChI is InChI=1S/C15H25N3O2S/c19-8-4-9-21-10-7-16-15(20)14-11-13(17-18-14)12-5-2-1-3-6-12/h11-12,19H,1-10H2,(H,16,20)(H,17,18). The Bertz CT molecular complexity index is 430. The number of hydrogen-bond donors (Lipinski definition) is 3. The van der Waals surface area contributed by atoms with E-state index in [1.807, 2.05) is 6.07 Å². The summed E-state index contributed by atoms with van der Waals surface area (Å²) < 4.78 is 0. The van der Waals surface area contributed by atoms with Gasteiger partial charge in [-0.15, -0.1) is 0 Å². The molecule has 1 amide bonds. The summed E-state index contributed by atoms with van der Waals surface area (Å²) in [6.07, 6.45) is 7.08. The first-order valence-corrected chi connectivity index (χ1v) is 8.99. The summed E-state index contributed by atoms with van der Waals surface area (Å²) in [5, 5.41) is 18.7. The van der Waals surface area contributed by atoms with Crippen LogP contribution < -0.4 is 5.32 Å². The molecule has 0 saturated heterocycles. The van der Waals surface area contributed by atoms with Crippen molar-refractivity contribution in [1.82, 2.24) is 15.5 Å². The minimum atomic E-state index is -0.101. The summed E-state index contributed by atoms with van der Waals surface area (Å²) >= 11 is 1.74. The van der Waals surface area contributed by atoms with E-state index in [0.29, 0.717) is 18.2 Å². The van der Waals surface area contributed by atoms with E-state index in [-0.39, 0.29) is 12.5 Å². The monoisotopic (exact) mass is 311 g/mol. The fourth-order valence-corrected chi connectivity index (χ4v) is 3.46. The minimum absolute atomic E-state index is 0.101. The second kappa shape index (κ2) is 9.10. The predicted molar refractivity (Wildman–Crippen MR) is 85.8 cm³/mol. The number of nitrogens with one attached hydrogen (secondary N) is 2. The Morgan fingerprint density at radius 3 is 2.95 bits per heavy atom. The number of aromatic nitrogens is 2. The number of amides is 1. The summed E-state index contributed by atoms with van der Waals surface area (Å²) in [6, 6.07) is 1.91. The molecule has 1 aromatic heterocycles. The van der Waals surface area contributed by atoms with E-state index in [1.54, 1.807) is 11.8 Å². The Hall–Kier alpha value is -1.01. The van der Waals surface area contributed by atoms with Gasteiger partial charge in [0.1, 0.15) is 5.69 Å². The molecule has 1 heterocycles. The van der Waals surface area contributed by atoms with Crippen molar-refractivity contribution in [3.8, 4) is 0 Å². The number of carbonyl (C=O) groups is 1. The van der Waals surface area contributed by atoms with Crippen molar-refractivity contribution in [2.45, 2.75) is 44.4 Å². The molecule has 0 radical (unpaired) electrons. The molecule has 6 heteroatoms. The van der Waals surface area contributed by atoms with Crippen molar-refractivity contribution < 1.29 is 9.90 Å². The number of hydrogen-bond acceptors (Lipinski definition) is 4. The van der Waals surface area contributed by atoms with Crippen LogP contribution in [0.25, 0.3) is 0 Å². The SMILES string of the molecule is O=C(NCCSCCCO)c1cc(C2CCCCC2)[nH]n1. The molecule has 2 rings (SSSR count). The van der Waals surface area contributed by atoms with Crippen LogP contribution >= 0.6 is 11.8 Å². The number of aliphatic hydroxyl groups is 1. The molecule has 0 aliphatic heterocycles. The molecule has 1 fully saturated rings. The fraction of sp³-hybridized carbons (Fsp3) is 0.733. The van der Waals surface area contributed by atoms with Crippen molar-refractivity contribution in [3.05, 3.63) is 17.5 Å². The third-order valence-electron chi connectivity index (χ3n) is 3.85. The van der Waals surface area contributed by atoms with Crippen LogP contribution in [0, 0.1) is 0 Å². The molecule has 1 aromatic rings. The van der Waals surface area contributed by atoms with Gasteiger partial charge in [0.15, 0.2) is 0 Å². The number of rotatable bonds is 8. The Morgan fingerprint density at radius 1 is 1.38 bits per heavy atom. The first kappa shape index (κ1) is 16.4. The second-order valence-corrected chi connectivity index (χ2v) is 6.71. The number of thioether (sulfide) groups is 1. The average molecular weight is 311 g/mol. The molecular weight excluding hydrogens is 286 g/mol. The van der Waals surface area contributed by atoms with Crippen LogP contribution in [0.3, 0.4) is 0 Å². The number of carbonyl (C=O) groups excluding carboxylic acids is 1. The number of nitrogens with zero attached hydrogens (tertiary/aromatic N) is 1. The molecule has 1 aliphatic rings. The Morgan fingerprint density at radius 2 is 2.19 bits per heavy atom. The van der Waals surface area contributed by atoms with E-state index in [2.05, 4.69) is 15.5 Å². The molecular formula is C15H25N3O2S. The fourth-order valence-electron chi connectivity index (χ4n) is 2.67. The summed E-state index contributed by atoms with van der Waals surface area (Å²) in [5.74, 6) is 2.24. The number of aromatic amines is 1. The van der Waals surface area contributed by atoms with Gasteiger partial charge in [0.05, 0.1) is 0 Å². The molecule has 0 spiro atoms. The molecule has 0 aromatic carbocycles. The van der Waals surface area contributed by atoms with Crippen LogP contribution in [0.5, 0.6) is 0 Å². The molecule has 1 saturated carbocycles. The summed E-state index contributed by atoms with van der Waals surface area (Å²) in [4.78, 5) is 12.0. The van der Waals surface area contributed by atoms with Gasteiger partial charge in [0.25, 0.3) is 5.91 Å². The molecule has 21 heavy (non-hydrogen) atoms. The van der Waals surface area contributed by atoms with E-state index in [9.17, 15) is 4.79 Å². The van der Waals surface area contributed by atoms with Gasteiger partial charge in [-0.05, 0) is 31.1 Å². The molecule has 0 atom stereocenters. The Balaban J connectivity index is 1.71. The van der Waals surface area contributed by atoms with Crippen LogP contribution in [-0.2, 0) is 0 Å². The zero-order valence-electron chi connectivity index (χ0n) is 12.4. The molecule has 0 unspecified atom stereocenters. The van der Waals surface area contributed by atoms with E-state index < -0.39 is 0 Å². The maximum atomic E-state index is 12.0. The van der Waals surface area contributed by atoms with Gasteiger partial charge in [-0.3, -0.25) is 9.89 Å². The summed E-state index contributed by atoms with van der Waals surface area (Å²) in [5.41, 5.74) is 1.60. The number of H-pyrrole nitrogens is 1. The summed E-state index contributed by atoms with van der Waals surface area (Å²) in [7, 11) is 0. The lowest BCUT2D eigenvalue weighted by Crippen LogP contribution is -2.26. The summed E-state index contributed by atoms with van der Waals surface area (Å²) in [6.45, 7) is 0.872. The van der Waals surface area contributed by atoms with Crippen LogP contribution in [0.15, 0.2) is 6.07 Å². The number of aliphatic hydroxyl groups excluding tert-OH is 1. The van der Waals surface area contributed by atoms with Crippen molar-refractivity contribution in [1.29, 1.82) is 0 Å². The van der Waals surface area contributed by atoms with Crippen LogP contribution in [0.1, 0.15) is 60.6 Å². The highest BCUT2D eigenvalue weighted by Crippen LogP contribution is 2.31. The lowest BCUT2D eigenvalue weighted by atomic mass is 9.87. The van der Waals surface area contributed by atoms with E-state index >= 15 is 0 Å². The van der Waals surface area contributed by atoms with Crippen molar-refractivity contribution in [2.24, 2.45) is 0 Å². The molecule has 1 aliphatic carbocycles. The highest BCUT2D eigenvalue weighted by Gasteiger charge is 2.19. The van der Waals surface area contributed by atoms with Crippen LogP contribution in [-0.4, -0.2) is 45.9 Å². The van der Waals surface area contributed by atoms with Gasteiger partial charge < -0.3 is 10.4 Å². The van der Waals surface area contributed by atoms with E-state index in [0.717, 1.165) is 23.6 Å². The van der Waals surface area contributed by atoms with Crippen LogP contribution in [0.2, 0.25) is 0 Å². The zero-order valence-corrected chi connectivity index (χ0v) is 13.3. The van der Waals surface area contributed by atoms with Gasteiger partial charge in [-0.25, -0.2) is 0 Å². The highest BCUT2D eigenvalue weighted by molar-refractivity contribution is 7.99. The normalized spacial score (nSPS) is 16.0. The van der Waals surface area contributed by atoms with Crippen molar-refractivity contribution >= 4 is 17.7 Å². The Kier molecular flexibility index (Phi) is 7.09. The lowest BCUT2D eigenvalue weighted by Gasteiger charge is -2.19. The predicted octanol–water partition coefficient (Wildman–Crippen LogP) is 2.30. The van der Waals surface area contributed by atoms with Gasteiger partial charge in [0, 0.05) is 30.5 Å². The molecule has 3 N–H and O–H groups in total. The van der Waals surface area contributed by atoms with Crippen molar-refractivity contribution in [3.63, 3.8) is 0 Å². The van der Waals surface area contributed by atoms with Gasteiger partial charge in [0.2, 0.25) is 0 Å². The van der Waals surface area contributed by atoms with E-state index in [1.165, 1.54) is 32.1 Å². The smallest absolute Gasteiger partial charge is 0.271 e. The van der Waals surface area contributed by atoms with Crippen molar-refractivity contribution in [2.75, 3.05) is 24.7 Å². The minimum Gasteiger partial charge on any atom is -0.396 e. The second-order valence-electron chi connectivity index (χ2n) is 5.49. The quantitative estimate of drug-likeness (QED) is 0.644. The van der Waals surface area contributed by atoms with Gasteiger partial charge in [-0.1, -0.05) is 19.3 Å². The van der Waals surface area contributed by atoms with Gasteiger partial charge >= 0.3 is 0 Å². The maximum absolute atomic E-state index is 12.0. The Labute approximate surface area is 130 Å². The maximum Gasteiger partial charge on any atom is 0.271 e. The topological polar surface area (TPSA) is 78.0 Å². The largest absolute Gasteiger partial charge is 0.396 e. The average Bonchev–Trinajstić information content (AvgIpc) is 3.01.